The van der Waals surface area contributed by atoms with Crippen molar-refractivity contribution in [2.75, 3.05) is 6.79 Å². The Morgan fingerprint density at radius 1 is 1.25 bits per heavy atom. The number of hydrazone groups is 1. The van der Waals surface area contributed by atoms with E-state index in [-0.39, 0.29) is 23.0 Å². The Labute approximate surface area is 195 Å². The highest BCUT2D eigenvalue weighted by molar-refractivity contribution is 8.13. The van der Waals surface area contributed by atoms with Crippen LogP contribution in [0.5, 0.6) is 11.5 Å². The molecule has 5 rings (SSSR count). The Balaban J connectivity index is 1.39. The zero-order valence-electron chi connectivity index (χ0n) is 16.2. The number of thiocarbonyl (C=S) groups is 1. The van der Waals surface area contributed by atoms with Crippen molar-refractivity contribution in [1.82, 2.24) is 21.0 Å². The van der Waals surface area contributed by atoms with E-state index in [1.54, 1.807) is 0 Å². The fourth-order valence-electron chi connectivity index (χ4n) is 3.28. The average Bonchev–Trinajstić information content (AvgIpc) is 3.47. The summed E-state index contributed by atoms with van der Waals surface area (Å²) < 4.78 is 38.8. The molecule has 0 bridgehead atoms. The first kappa shape index (κ1) is 21.1. The van der Waals surface area contributed by atoms with Crippen LogP contribution in [0.1, 0.15) is 11.1 Å². The standard InChI is InChI=1S/C19H16F2N6O2S3/c20-11-2-3-12(13(21)6-11)14-8-32-19-26(14)18(24-27(19)25-23-17(22)30)31-7-10-1-4-15-16(5-10)29-9-28-15/h1-6,8,19,25H,7,9H2,(H3,22,23,30). The largest absolute Gasteiger partial charge is 0.454 e. The topological polar surface area (TPSA) is 87.4 Å². The number of hydrazine groups is 2. The molecule has 13 heteroatoms. The maximum absolute atomic E-state index is 14.6. The molecule has 0 aromatic heterocycles. The second-order valence-corrected chi connectivity index (χ2v) is 9.08. The van der Waals surface area contributed by atoms with Gasteiger partial charge in [-0.25, -0.2) is 8.78 Å². The van der Waals surface area contributed by atoms with E-state index in [1.165, 1.54) is 40.8 Å². The molecule has 3 aliphatic rings. The molecule has 1 atom stereocenters. The third kappa shape index (κ3) is 4.03. The minimum Gasteiger partial charge on any atom is -0.454 e. The Kier molecular flexibility index (Phi) is 5.71. The highest BCUT2D eigenvalue weighted by Gasteiger charge is 2.42. The minimum absolute atomic E-state index is 0.0500. The van der Waals surface area contributed by atoms with Gasteiger partial charge in [-0.1, -0.05) is 29.6 Å². The van der Waals surface area contributed by atoms with E-state index in [2.05, 4.69) is 16.1 Å². The van der Waals surface area contributed by atoms with Crippen LogP contribution in [0.2, 0.25) is 0 Å². The molecule has 3 heterocycles. The van der Waals surface area contributed by atoms with E-state index in [0.29, 0.717) is 28.1 Å². The summed E-state index contributed by atoms with van der Waals surface area (Å²) in [4.78, 5) is 1.87. The lowest BCUT2D eigenvalue weighted by molar-refractivity contribution is 0.148. The summed E-state index contributed by atoms with van der Waals surface area (Å²) in [6.07, 6.45) is 0. The summed E-state index contributed by atoms with van der Waals surface area (Å²) >= 11 is 7.71. The van der Waals surface area contributed by atoms with Gasteiger partial charge in [0, 0.05) is 17.4 Å². The molecule has 0 fully saturated rings. The second kappa shape index (κ2) is 8.65. The van der Waals surface area contributed by atoms with E-state index in [4.69, 9.17) is 27.4 Å². The predicted octanol–water partition coefficient (Wildman–Crippen LogP) is 3.10. The molecule has 0 saturated heterocycles. The van der Waals surface area contributed by atoms with Crippen LogP contribution in [0.3, 0.4) is 0 Å². The third-order valence-corrected chi connectivity index (χ3v) is 6.83. The average molecular weight is 495 g/mol. The van der Waals surface area contributed by atoms with Crippen LogP contribution in [0, 0.1) is 11.6 Å². The van der Waals surface area contributed by atoms with Crippen molar-refractivity contribution in [3.63, 3.8) is 0 Å². The van der Waals surface area contributed by atoms with Crippen LogP contribution in [-0.4, -0.2) is 32.6 Å². The molecule has 0 saturated carbocycles. The van der Waals surface area contributed by atoms with Crippen LogP contribution < -0.4 is 26.2 Å². The monoisotopic (exact) mass is 494 g/mol. The van der Waals surface area contributed by atoms with Crippen LogP contribution in [0.15, 0.2) is 46.9 Å². The number of nitrogens with one attached hydrogen (secondary N) is 2. The molecule has 2 aromatic rings. The van der Waals surface area contributed by atoms with Gasteiger partial charge in [0.1, 0.15) is 11.6 Å². The van der Waals surface area contributed by atoms with Crippen LogP contribution in [0.25, 0.3) is 5.70 Å². The number of hydrogen-bond donors (Lipinski definition) is 3. The summed E-state index contributed by atoms with van der Waals surface area (Å²) in [5.41, 5.74) is 12.5. The van der Waals surface area contributed by atoms with E-state index < -0.39 is 11.6 Å². The van der Waals surface area contributed by atoms with E-state index in [9.17, 15) is 8.78 Å². The number of nitrogens with zero attached hydrogens (tertiary/aromatic N) is 3. The number of fused-ring (bicyclic) bond motifs is 2. The highest BCUT2D eigenvalue weighted by Crippen LogP contribution is 2.44. The molecule has 0 amide bonds. The molecule has 3 aliphatic heterocycles. The van der Waals surface area contributed by atoms with E-state index in [1.807, 2.05) is 28.5 Å². The van der Waals surface area contributed by atoms with Crippen molar-refractivity contribution in [3.05, 3.63) is 64.6 Å². The normalized spacial score (nSPS) is 18.5. The zero-order chi connectivity index (χ0) is 22.2. The molecule has 4 N–H and O–H groups in total. The van der Waals surface area contributed by atoms with Gasteiger partial charge in [-0.3, -0.25) is 10.3 Å². The second-order valence-electron chi connectivity index (χ2n) is 6.76. The predicted molar refractivity (Wildman–Crippen MR) is 124 cm³/mol. The number of halogens is 2. The molecule has 32 heavy (non-hydrogen) atoms. The first-order valence-electron chi connectivity index (χ1n) is 9.30. The fraction of sp³-hybridized carbons (Fsp3) is 0.158. The van der Waals surface area contributed by atoms with Gasteiger partial charge in [0.25, 0.3) is 0 Å². The Morgan fingerprint density at radius 3 is 2.91 bits per heavy atom. The number of amidine groups is 1. The summed E-state index contributed by atoms with van der Waals surface area (Å²) in [7, 11) is 0. The van der Waals surface area contributed by atoms with E-state index in [0.717, 1.165) is 11.6 Å². The molecular weight excluding hydrogens is 478 g/mol. The van der Waals surface area contributed by atoms with E-state index >= 15 is 0 Å². The van der Waals surface area contributed by atoms with Crippen LogP contribution >= 0.6 is 35.7 Å². The zero-order valence-corrected chi connectivity index (χ0v) is 18.7. The van der Waals surface area contributed by atoms with Crippen LogP contribution in [-0.2, 0) is 5.75 Å². The maximum atomic E-state index is 14.6. The number of ether oxygens (including phenoxy) is 2. The van der Waals surface area contributed by atoms with Gasteiger partial charge in [0.05, 0.1) is 5.70 Å². The lowest BCUT2D eigenvalue weighted by Crippen LogP contribution is -2.52. The Morgan fingerprint density at radius 2 is 2.09 bits per heavy atom. The molecule has 0 spiro atoms. The first-order valence-corrected chi connectivity index (χ1v) is 11.6. The smallest absolute Gasteiger partial charge is 0.231 e. The fourth-order valence-corrected chi connectivity index (χ4v) is 5.39. The molecule has 0 aliphatic carbocycles. The molecule has 2 aromatic carbocycles. The van der Waals surface area contributed by atoms with Crippen molar-refractivity contribution < 1.29 is 18.3 Å². The molecule has 0 radical (unpaired) electrons. The van der Waals surface area contributed by atoms with Gasteiger partial charge in [0.2, 0.25) is 6.79 Å². The summed E-state index contributed by atoms with van der Waals surface area (Å²) in [5, 5.41) is 8.61. The number of nitrogens with two attached hydrogens (primary N) is 1. The minimum atomic E-state index is -0.648. The number of rotatable bonds is 5. The van der Waals surface area contributed by atoms with Gasteiger partial charge in [-0.15, -0.1) is 10.6 Å². The van der Waals surface area contributed by atoms with Crippen molar-refractivity contribution in [3.8, 4) is 11.5 Å². The van der Waals surface area contributed by atoms with Crippen LogP contribution in [0.4, 0.5) is 8.78 Å². The van der Waals surface area contributed by atoms with Crippen molar-refractivity contribution >= 4 is 51.7 Å². The maximum Gasteiger partial charge on any atom is 0.231 e. The van der Waals surface area contributed by atoms with Crippen molar-refractivity contribution in [2.24, 2.45) is 10.8 Å². The molecule has 166 valence electrons. The lowest BCUT2D eigenvalue weighted by atomic mass is 10.1. The van der Waals surface area contributed by atoms with Gasteiger partial charge in [-0.2, -0.15) is 5.12 Å². The molecule has 1 unspecified atom stereocenters. The summed E-state index contributed by atoms with van der Waals surface area (Å²) in [6.45, 7) is 0.208. The number of hydrogen-bond acceptors (Lipinski definition) is 9. The number of benzene rings is 2. The SMILES string of the molecule is NC(=S)NNN1N=C(SCc2ccc3c(c2)OCO3)N2C(c3ccc(F)cc3F)=CSC12. The van der Waals surface area contributed by atoms with Gasteiger partial charge in [-0.05, 0) is 47.5 Å². The third-order valence-electron chi connectivity index (χ3n) is 4.70. The quantitative estimate of drug-likeness (QED) is 0.426. The highest BCUT2D eigenvalue weighted by atomic mass is 32.2. The van der Waals surface area contributed by atoms with Crippen molar-refractivity contribution in [1.29, 1.82) is 0 Å². The Hall–Kier alpha value is -2.74. The molecule has 8 nitrogen and oxygen atoms in total. The van der Waals surface area contributed by atoms with Crippen molar-refractivity contribution in [2.45, 2.75) is 11.3 Å². The first-order chi connectivity index (χ1) is 15.5. The van der Waals surface area contributed by atoms with Gasteiger partial charge >= 0.3 is 0 Å². The summed E-state index contributed by atoms with van der Waals surface area (Å²) in [5.74, 6) is 0.711. The molecular formula is C19H16F2N6O2S3. The lowest BCUT2D eigenvalue weighted by Gasteiger charge is -2.26. The number of thioether (sulfide) groups is 2. The Bertz CT molecular complexity index is 1150. The van der Waals surface area contributed by atoms with Gasteiger partial charge < -0.3 is 15.2 Å². The van der Waals surface area contributed by atoms with Gasteiger partial charge in [0.15, 0.2) is 27.3 Å². The summed E-state index contributed by atoms with van der Waals surface area (Å²) in [6, 6.07) is 9.25.